The van der Waals surface area contributed by atoms with Crippen molar-refractivity contribution < 1.29 is 9.84 Å². The Morgan fingerprint density at radius 1 is 1.38 bits per heavy atom. The molecule has 0 radical (unpaired) electrons. The molecule has 3 nitrogen and oxygen atoms in total. The Bertz CT molecular complexity index is 211. The molecule has 16 heavy (non-hydrogen) atoms. The van der Waals surface area contributed by atoms with Gasteiger partial charge in [0.2, 0.25) is 0 Å². The molecule has 1 saturated heterocycles. The van der Waals surface area contributed by atoms with Gasteiger partial charge >= 0.3 is 0 Å². The zero-order valence-electron chi connectivity index (χ0n) is 10.1. The summed E-state index contributed by atoms with van der Waals surface area (Å²) < 4.78 is 5.36. The smallest absolute Gasteiger partial charge is 0.0869 e. The highest BCUT2D eigenvalue weighted by Gasteiger charge is 2.32. The molecule has 2 aliphatic rings. The Labute approximate surface area is 102 Å². The Morgan fingerprint density at radius 2 is 2.12 bits per heavy atom. The highest BCUT2D eigenvalue weighted by Crippen LogP contribution is 2.28. The molecule has 0 aromatic heterocycles. The summed E-state index contributed by atoms with van der Waals surface area (Å²) in [7, 11) is 1.80. The largest absolute Gasteiger partial charge is 0.388 e. The van der Waals surface area contributed by atoms with Crippen LogP contribution in [0.2, 0.25) is 0 Å². The topological polar surface area (TPSA) is 41.5 Å². The first-order chi connectivity index (χ1) is 7.72. The number of rotatable bonds is 4. The quantitative estimate of drug-likeness (QED) is 0.785. The van der Waals surface area contributed by atoms with Gasteiger partial charge in [-0.15, -0.1) is 0 Å². The molecule has 2 N–H and O–H groups in total. The Hall–Kier alpha value is 0.230. The maximum absolute atomic E-state index is 10.2. The zero-order chi connectivity index (χ0) is 11.4. The van der Waals surface area contributed by atoms with Gasteiger partial charge < -0.3 is 15.2 Å². The van der Waals surface area contributed by atoms with E-state index in [4.69, 9.17) is 4.74 Å². The summed E-state index contributed by atoms with van der Waals surface area (Å²) in [5.41, 5.74) is -0.442. The second kappa shape index (κ2) is 5.71. The molecule has 94 valence electrons. The summed E-state index contributed by atoms with van der Waals surface area (Å²) in [6.07, 6.45) is 6.08. The summed E-state index contributed by atoms with van der Waals surface area (Å²) in [6, 6.07) is 0.584. The summed E-state index contributed by atoms with van der Waals surface area (Å²) in [5, 5.41) is 13.7. The van der Waals surface area contributed by atoms with Crippen LogP contribution >= 0.6 is 11.8 Å². The number of hydrogen-bond donors (Lipinski definition) is 2. The minimum atomic E-state index is -0.442. The molecular formula is C12H23NO2S. The van der Waals surface area contributed by atoms with Crippen LogP contribution in [0.15, 0.2) is 0 Å². The van der Waals surface area contributed by atoms with Crippen LogP contribution in [0.1, 0.15) is 32.1 Å². The predicted molar refractivity (Wildman–Crippen MR) is 67.9 cm³/mol. The van der Waals surface area contributed by atoms with Crippen molar-refractivity contribution in [3.8, 4) is 0 Å². The van der Waals surface area contributed by atoms with Gasteiger partial charge in [0, 0.05) is 25.4 Å². The highest BCUT2D eigenvalue weighted by molar-refractivity contribution is 7.99. The molecule has 1 atom stereocenters. The van der Waals surface area contributed by atoms with Crippen molar-refractivity contribution in [1.82, 2.24) is 5.32 Å². The Morgan fingerprint density at radius 3 is 2.69 bits per heavy atom. The number of hydrogen-bond acceptors (Lipinski definition) is 4. The minimum Gasteiger partial charge on any atom is -0.388 e. The van der Waals surface area contributed by atoms with E-state index in [1.54, 1.807) is 7.11 Å². The van der Waals surface area contributed by atoms with Crippen molar-refractivity contribution in [2.24, 2.45) is 0 Å². The molecule has 2 rings (SSSR count). The fourth-order valence-corrected chi connectivity index (χ4v) is 3.87. The van der Waals surface area contributed by atoms with Crippen molar-refractivity contribution >= 4 is 11.8 Å². The number of thioether (sulfide) groups is 1. The van der Waals surface area contributed by atoms with Crippen molar-refractivity contribution in [2.45, 2.75) is 49.9 Å². The van der Waals surface area contributed by atoms with E-state index in [1.807, 2.05) is 11.8 Å². The van der Waals surface area contributed by atoms with Crippen molar-refractivity contribution in [2.75, 3.05) is 25.2 Å². The monoisotopic (exact) mass is 245 g/mol. The SMILES string of the molecule is COC1CCC(NCC2(O)CCSC2)CC1. The lowest BCUT2D eigenvalue weighted by Gasteiger charge is -2.31. The van der Waals surface area contributed by atoms with Crippen LogP contribution in [0.5, 0.6) is 0 Å². The first-order valence-corrected chi connectivity index (χ1v) is 7.44. The number of aliphatic hydroxyl groups is 1. The lowest BCUT2D eigenvalue weighted by Crippen LogP contribution is -2.46. The van der Waals surface area contributed by atoms with E-state index >= 15 is 0 Å². The summed E-state index contributed by atoms with van der Waals surface area (Å²) >= 11 is 1.86. The van der Waals surface area contributed by atoms with E-state index in [9.17, 15) is 5.11 Å². The van der Waals surface area contributed by atoms with Gasteiger partial charge in [0.05, 0.1) is 11.7 Å². The van der Waals surface area contributed by atoms with E-state index in [1.165, 1.54) is 12.8 Å². The van der Waals surface area contributed by atoms with Crippen LogP contribution in [-0.4, -0.2) is 48.0 Å². The second-order valence-corrected chi connectivity index (χ2v) is 6.22. The molecule has 1 heterocycles. The van der Waals surface area contributed by atoms with Crippen molar-refractivity contribution in [1.29, 1.82) is 0 Å². The fourth-order valence-electron chi connectivity index (χ4n) is 2.57. The van der Waals surface area contributed by atoms with Crippen LogP contribution in [0.25, 0.3) is 0 Å². The molecule has 4 heteroatoms. The maximum Gasteiger partial charge on any atom is 0.0869 e. The third-order valence-electron chi connectivity index (χ3n) is 3.81. The first kappa shape index (κ1) is 12.7. The summed E-state index contributed by atoms with van der Waals surface area (Å²) in [5.74, 6) is 2.00. The zero-order valence-corrected chi connectivity index (χ0v) is 10.9. The molecule has 0 aromatic carbocycles. The fraction of sp³-hybridized carbons (Fsp3) is 1.00. The molecule has 1 saturated carbocycles. The standard InChI is InChI=1S/C12H23NO2S/c1-15-11-4-2-10(3-5-11)13-8-12(14)6-7-16-9-12/h10-11,13-14H,2-9H2,1H3. The van der Waals surface area contributed by atoms with E-state index in [0.717, 1.165) is 37.3 Å². The molecule has 0 bridgehead atoms. The summed E-state index contributed by atoms with van der Waals surface area (Å²) in [6.45, 7) is 0.766. The van der Waals surface area contributed by atoms with Crippen molar-refractivity contribution in [3.63, 3.8) is 0 Å². The Kier molecular flexibility index (Phi) is 4.53. The van der Waals surface area contributed by atoms with Gasteiger partial charge in [0.1, 0.15) is 0 Å². The molecule has 0 spiro atoms. The minimum absolute atomic E-state index is 0.442. The van der Waals surface area contributed by atoms with Gasteiger partial charge in [0.25, 0.3) is 0 Å². The van der Waals surface area contributed by atoms with E-state index in [2.05, 4.69) is 5.32 Å². The number of ether oxygens (including phenoxy) is 1. The van der Waals surface area contributed by atoms with Crippen molar-refractivity contribution in [3.05, 3.63) is 0 Å². The normalized spacial score (nSPS) is 40.1. The van der Waals surface area contributed by atoms with Gasteiger partial charge in [0.15, 0.2) is 0 Å². The van der Waals surface area contributed by atoms with Gasteiger partial charge in [-0.05, 0) is 37.9 Å². The molecule has 0 aromatic rings. The average Bonchev–Trinajstić information content (AvgIpc) is 2.75. The van der Waals surface area contributed by atoms with Gasteiger partial charge in [-0.1, -0.05) is 0 Å². The highest BCUT2D eigenvalue weighted by atomic mass is 32.2. The van der Waals surface area contributed by atoms with Crippen LogP contribution < -0.4 is 5.32 Å². The lowest BCUT2D eigenvalue weighted by molar-refractivity contribution is 0.0460. The van der Waals surface area contributed by atoms with Crippen LogP contribution in [0.4, 0.5) is 0 Å². The first-order valence-electron chi connectivity index (χ1n) is 6.28. The van der Waals surface area contributed by atoms with Crippen LogP contribution in [0, 0.1) is 0 Å². The van der Waals surface area contributed by atoms with Crippen LogP contribution in [-0.2, 0) is 4.74 Å². The molecule has 2 fully saturated rings. The third-order valence-corrected chi connectivity index (χ3v) is 5.04. The van der Waals surface area contributed by atoms with E-state index in [0.29, 0.717) is 12.1 Å². The van der Waals surface area contributed by atoms with E-state index in [-0.39, 0.29) is 0 Å². The lowest BCUT2D eigenvalue weighted by atomic mass is 9.92. The number of methoxy groups -OCH3 is 1. The molecule has 1 aliphatic heterocycles. The second-order valence-electron chi connectivity index (χ2n) is 5.12. The molecule has 0 amide bonds. The van der Waals surface area contributed by atoms with E-state index < -0.39 is 5.60 Å². The number of nitrogens with one attached hydrogen (secondary N) is 1. The van der Waals surface area contributed by atoms with Crippen LogP contribution in [0.3, 0.4) is 0 Å². The Balaban J connectivity index is 1.67. The maximum atomic E-state index is 10.2. The average molecular weight is 245 g/mol. The molecular weight excluding hydrogens is 222 g/mol. The van der Waals surface area contributed by atoms with Gasteiger partial charge in [-0.2, -0.15) is 11.8 Å². The molecule has 1 aliphatic carbocycles. The van der Waals surface area contributed by atoms with Gasteiger partial charge in [-0.3, -0.25) is 0 Å². The summed E-state index contributed by atoms with van der Waals surface area (Å²) in [4.78, 5) is 0. The molecule has 1 unspecified atom stereocenters. The third kappa shape index (κ3) is 3.36. The predicted octanol–water partition coefficient (Wildman–Crippen LogP) is 1.40. The van der Waals surface area contributed by atoms with Gasteiger partial charge in [-0.25, -0.2) is 0 Å².